The molecule has 7 nitrogen and oxygen atoms in total. The summed E-state index contributed by atoms with van der Waals surface area (Å²) in [4.78, 5) is 0.0309. The third kappa shape index (κ3) is 3.77. The Bertz CT molecular complexity index is 894. The van der Waals surface area contributed by atoms with Gasteiger partial charge in [-0.15, -0.1) is 0 Å². The van der Waals surface area contributed by atoms with E-state index in [4.69, 9.17) is 14.2 Å². The van der Waals surface area contributed by atoms with Crippen LogP contribution in [0.25, 0.3) is 0 Å². The van der Waals surface area contributed by atoms with Gasteiger partial charge in [0.1, 0.15) is 16.2 Å². The molecule has 0 saturated heterocycles. The molecule has 0 fully saturated rings. The van der Waals surface area contributed by atoms with Crippen LogP contribution in [-0.2, 0) is 15.6 Å². The van der Waals surface area contributed by atoms with E-state index in [1.807, 2.05) is 0 Å². The number of benzene rings is 2. The molecule has 1 aliphatic heterocycles. The van der Waals surface area contributed by atoms with Crippen molar-refractivity contribution in [2.75, 3.05) is 19.9 Å². The molecular formula is C18H21NO6S. The Kier molecular flexibility index (Phi) is 5.08. The molecule has 1 unspecified atom stereocenters. The van der Waals surface area contributed by atoms with E-state index in [-0.39, 0.29) is 24.0 Å². The molecule has 1 aliphatic rings. The predicted octanol–water partition coefficient (Wildman–Crippen LogP) is 2.00. The molecule has 2 aromatic rings. The molecule has 8 heteroatoms. The Hall–Kier alpha value is -2.29. The minimum absolute atomic E-state index is 0.0309. The van der Waals surface area contributed by atoms with Gasteiger partial charge in [-0.2, -0.15) is 0 Å². The molecule has 1 heterocycles. The zero-order valence-electron chi connectivity index (χ0n) is 14.6. The molecule has 2 N–H and O–H groups in total. The summed E-state index contributed by atoms with van der Waals surface area (Å²) >= 11 is 0. The number of nitrogens with one attached hydrogen (secondary N) is 1. The topological polar surface area (TPSA) is 94.1 Å². The lowest BCUT2D eigenvalue weighted by Gasteiger charge is -2.24. The van der Waals surface area contributed by atoms with Gasteiger partial charge in [0.25, 0.3) is 0 Å². The van der Waals surface area contributed by atoms with Gasteiger partial charge in [-0.25, -0.2) is 13.1 Å². The Morgan fingerprint density at radius 3 is 2.69 bits per heavy atom. The molecule has 0 amide bonds. The highest BCUT2D eigenvalue weighted by Gasteiger charge is 2.29. The zero-order valence-corrected chi connectivity index (χ0v) is 15.4. The van der Waals surface area contributed by atoms with Crippen molar-refractivity contribution in [3.63, 3.8) is 0 Å². The molecule has 2 aromatic carbocycles. The summed E-state index contributed by atoms with van der Waals surface area (Å²) in [5.74, 6) is 1.38. The molecule has 0 bridgehead atoms. The highest BCUT2D eigenvalue weighted by atomic mass is 32.2. The maximum absolute atomic E-state index is 12.6. The van der Waals surface area contributed by atoms with Crippen molar-refractivity contribution in [2.24, 2.45) is 0 Å². The number of hydrogen-bond donors (Lipinski definition) is 2. The second kappa shape index (κ2) is 7.14. The lowest BCUT2D eigenvalue weighted by molar-refractivity contribution is 0.0625. The van der Waals surface area contributed by atoms with Gasteiger partial charge >= 0.3 is 0 Å². The van der Waals surface area contributed by atoms with Gasteiger partial charge in [0.15, 0.2) is 11.5 Å². The number of aliphatic hydroxyl groups is 1. The molecule has 0 spiro atoms. The first kappa shape index (κ1) is 18.5. The monoisotopic (exact) mass is 379 g/mol. The van der Waals surface area contributed by atoms with E-state index < -0.39 is 15.6 Å². The first-order chi connectivity index (χ1) is 12.3. The molecule has 3 rings (SSSR count). The number of ether oxygens (including phenoxy) is 3. The van der Waals surface area contributed by atoms with E-state index in [0.717, 1.165) is 0 Å². The Balaban J connectivity index is 1.78. The third-order valence-electron chi connectivity index (χ3n) is 4.04. The highest BCUT2D eigenvalue weighted by molar-refractivity contribution is 7.89. The maximum Gasteiger partial charge on any atom is 0.244 e. The van der Waals surface area contributed by atoms with Crippen LogP contribution in [0.2, 0.25) is 0 Å². The van der Waals surface area contributed by atoms with Gasteiger partial charge in [-0.3, -0.25) is 0 Å². The van der Waals surface area contributed by atoms with Gasteiger partial charge < -0.3 is 19.3 Å². The number of rotatable bonds is 7. The smallest absolute Gasteiger partial charge is 0.244 e. The number of para-hydroxylation sites is 1. The molecule has 140 valence electrons. The lowest BCUT2D eigenvalue weighted by atomic mass is 9.96. The summed E-state index contributed by atoms with van der Waals surface area (Å²) in [6.07, 6.45) is 0. The number of hydrogen-bond acceptors (Lipinski definition) is 6. The van der Waals surface area contributed by atoms with E-state index in [9.17, 15) is 13.5 Å². The van der Waals surface area contributed by atoms with Crippen LogP contribution < -0.4 is 18.9 Å². The van der Waals surface area contributed by atoms with Crippen molar-refractivity contribution in [3.05, 3.63) is 48.0 Å². The van der Waals surface area contributed by atoms with Gasteiger partial charge in [-0.05, 0) is 43.7 Å². The fourth-order valence-electron chi connectivity index (χ4n) is 2.59. The van der Waals surface area contributed by atoms with Crippen LogP contribution in [0.4, 0.5) is 0 Å². The van der Waals surface area contributed by atoms with Crippen LogP contribution in [0.3, 0.4) is 0 Å². The van der Waals surface area contributed by atoms with E-state index in [1.165, 1.54) is 13.0 Å². The second-order valence-corrected chi connectivity index (χ2v) is 7.78. The van der Waals surface area contributed by atoms with E-state index in [2.05, 4.69) is 4.72 Å². The number of fused-ring (bicyclic) bond motifs is 1. The number of sulfonamides is 1. The average Bonchev–Trinajstić information content (AvgIpc) is 3.09. The lowest BCUT2D eigenvalue weighted by Crippen LogP contribution is -2.38. The van der Waals surface area contributed by atoms with Crippen molar-refractivity contribution in [3.8, 4) is 17.2 Å². The van der Waals surface area contributed by atoms with Crippen LogP contribution in [0.5, 0.6) is 17.2 Å². The predicted molar refractivity (Wildman–Crippen MR) is 94.9 cm³/mol. The minimum atomic E-state index is -3.86. The normalized spacial score (nSPS) is 15.5. The summed E-state index contributed by atoms with van der Waals surface area (Å²) in [6, 6.07) is 11.4. The Labute approximate surface area is 152 Å². The third-order valence-corrected chi connectivity index (χ3v) is 5.48. The summed E-state index contributed by atoms with van der Waals surface area (Å²) in [5.41, 5.74) is -0.920. The van der Waals surface area contributed by atoms with Gasteiger partial charge in [-0.1, -0.05) is 18.2 Å². The Morgan fingerprint density at radius 1 is 1.19 bits per heavy atom. The van der Waals surface area contributed by atoms with Crippen LogP contribution >= 0.6 is 0 Å². The largest absolute Gasteiger partial charge is 0.492 e. The standard InChI is InChI=1S/C18H21NO6S/c1-3-23-15-6-4-5-7-17(15)26(21,22)19-11-18(2,20)13-8-9-14-16(10-13)25-12-24-14/h4-10,19-20H,3,11-12H2,1-2H3. The van der Waals surface area contributed by atoms with Gasteiger partial charge in [0, 0.05) is 6.54 Å². The van der Waals surface area contributed by atoms with E-state index in [0.29, 0.717) is 23.7 Å². The maximum atomic E-state index is 12.6. The summed E-state index contributed by atoms with van der Waals surface area (Å²) in [7, 11) is -3.86. The quantitative estimate of drug-likeness (QED) is 0.764. The SMILES string of the molecule is CCOc1ccccc1S(=O)(=O)NCC(C)(O)c1ccc2c(c1)OCO2. The summed E-state index contributed by atoms with van der Waals surface area (Å²) < 4.78 is 43.7. The Morgan fingerprint density at radius 2 is 1.92 bits per heavy atom. The zero-order chi connectivity index (χ0) is 18.8. The van der Waals surface area contributed by atoms with Crippen LogP contribution in [-0.4, -0.2) is 33.5 Å². The van der Waals surface area contributed by atoms with Crippen molar-refractivity contribution in [1.29, 1.82) is 0 Å². The van der Waals surface area contributed by atoms with Crippen molar-refractivity contribution >= 4 is 10.0 Å². The highest BCUT2D eigenvalue weighted by Crippen LogP contribution is 2.35. The fourth-order valence-corrected chi connectivity index (χ4v) is 3.87. The second-order valence-electron chi connectivity index (χ2n) is 6.05. The summed E-state index contributed by atoms with van der Waals surface area (Å²) in [5, 5.41) is 10.7. The molecular weight excluding hydrogens is 358 g/mol. The molecule has 0 radical (unpaired) electrons. The first-order valence-electron chi connectivity index (χ1n) is 8.17. The molecule has 0 aliphatic carbocycles. The average molecular weight is 379 g/mol. The van der Waals surface area contributed by atoms with Crippen molar-refractivity contribution < 1.29 is 27.7 Å². The summed E-state index contributed by atoms with van der Waals surface area (Å²) in [6.45, 7) is 3.57. The molecule has 1 atom stereocenters. The minimum Gasteiger partial charge on any atom is -0.492 e. The van der Waals surface area contributed by atoms with Crippen LogP contribution in [0.15, 0.2) is 47.4 Å². The molecule has 0 saturated carbocycles. The molecule has 26 heavy (non-hydrogen) atoms. The van der Waals surface area contributed by atoms with E-state index in [1.54, 1.807) is 43.3 Å². The van der Waals surface area contributed by atoms with Crippen molar-refractivity contribution in [2.45, 2.75) is 24.3 Å². The van der Waals surface area contributed by atoms with Gasteiger partial charge in [0.05, 0.1) is 6.61 Å². The van der Waals surface area contributed by atoms with Crippen LogP contribution in [0.1, 0.15) is 19.4 Å². The van der Waals surface area contributed by atoms with Gasteiger partial charge in [0.2, 0.25) is 16.8 Å². The van der Waals surface area contributed by atoms with Crippen LogP contribution in [0, 0.1) is 0 Å². The van der Waals surface area contributed by atoms with Crippen molar-refractivity contribution in [1.82, 2.24) is 4.72 Å². The fraction of sp³-hybridized carbons (Fsp3) is 0.333. The van der Waals surface area contributed by atoms with E-state index >= 15 is 0 Å². The first-order valence-corrected chi connectivity index (χ1v) is 9.66. The molecule has 0 aromatic heterocycles.